The summed E-state index contributed by atoms with van der Waals surface area (Å²) in [7, 11) is -2.10. The zero-order valence-corrected chi connectivity index (χ0v) is 17.8. The van der Waals surface area contributed by atoms with Crippen molar-refractivity contribution in [2.75, 3.05) is 20.2 Å². The molecule has 1 heterocycles. The maximum absolute atomic E-state index is 12.7. The van der Waals surface area contributed by atoms with Gasteiger partial charge in [-0.1, -0.05) is 31.4 Å². The summed E-state index contributed by atoms with van der Waals surface area (Å²) in [5, 5.41) is 2.88. The van der Waals surface area contributed by atoms with Crippen LogP contribution in [0.5, 0.6) is 0 Å². The van der Waals surface area contributed by atoms with E-state index < -0.39 is 15.6 Å². The molecule has 160 valence electrons. The van der Waals surface area contributed by atoms with E-state index in [-0.39, 0.29) is 18.3 Å². The van der Waals surface area contributed by atoms with E-state index in [1.54, 1.807) is 28.6 Å². The number of esters is 1. The first kappa shape index (κ1) is 21.8. The normalized spacial score (nSPS) is 19.6. The van der Waals surface area contributed by atoms with Gasteiger partial charge in [0.15, 0.2) is 0 Å². The lowest BCUT2D eigenvalue weighted by Gasteiger charge is -2.27. The van der Waals surface area contributed by atoms with Gasteiger partial charge in [0.05, 0.1) is 12.0 Å². The summed E-state index contributed by atoms with van der Waals surface area (Å²) >= 11 is 0. The van der Waals surface area contributed by atoms with E-state index >= 15 is 0 Å². The molecule has 0 bridgehead atoms. The van der Waals surface area contributed by atoms with Gasteiger partial charge < -0.3 is 10.1 Å². The van der Waals surface area contributed by atoms with E-state index in [4.69, 9.17) is 4.74 Å². The Morgan fingerprint density at radius 3 is 2.24 bits per heavy atom. The van der Waals surface area contributed by atoms with Crippen molar-refractivity contribution in [1.82, 2.24) is 9.62 Å². The lowest BCUT2D eigenvalue weighted by Crippen LogP contribution is -2.53. The Morgan fingerprint density at radius 2 is 1.66 bits per heavy atom. The molecule has 1 aromatic carbocycles. The molecule has 8 heteroatoms. The van der Waals surface area contributed by atoms with Crippen molar-refractivity contribution in [3.8, 4) is 0 Å². The van der Waals surface area contributed by atoms with Crippen molar-refractivity contribution in [1.29, 1.82) is 0 Å². The number of hydrogen-bond acceptors (Lipinski definition) is 5. The molecule has 0 atom stereocenters. The van der Waals surface area contributed by atoms with Crippen LogP contribution in [-0.2, 0) is 30.8 Å². The van der Waals surface area contributed by atoms with Crippen molar-refractivity contribution in [2.24, 2.45) is 0 Å². The van der Waals surface area contributed by atoms with Crippen molar-refractivity contribution in [3.63, 3.8) is 0 Å². The van der Waals surface area contributed by atoms with Gasteiger partial charge in [0.25, 0.3) is 0 Å². The lowest BCUT2D eigenvalue weighted by molar-refractivity contribution is -0.150. The molecule has 1 aliphatic carbocycles. The van der Waals surface area contributed by atoms with Gasteiger partial charge in [0.2, 0.25) is 15.9 Å². The molecule has 0 radical (unpaired) electrons. The summed E-state index contributed by atoms with van der Waals surface area (Å²) in [6.45, 7) is 1.15. The smallest absolute Gasteiger partial charge is 0.331 e. The quantitative estimate of drug-likeness (QED) is 0.681. The number of benzene rings is 1. The van der Waals surface area contributed by atoms with Crippen LogP contribution in [0.2, 0.25) is 0 Å². The van der Waals surface area contributed by atoms with Gasteiger partial charge in [-0.15, -0.1) is 0 Å². The maximum Gasteiger partial charge on any atom is 0.331 e. The predicted molar refractivity (Wildman–Crippen MR) is 109 cm³/mol. The van der Waals surface area contributed by atoms with Crippen LogP contribution in [0.15, 0.2) is 29.2 Å². The van der Waals surface area contributed by atoms with E-state index in [2.05, 4.69) is 5.32 Å². The van der Waals surface area contributed by atoms with Crippen molar-refractivity contribution < 1.29 is 22.7 Å². The van der Waals surface area contributed by atoms with Crippen molar-refractivity contribution >= 4 is 21.9 Å². The fraction of sp³-hybridized carbons (Fsp3) is 0.619. The SMILES string of the molecule is COC(=O)C1(NC(=O)CCc2ccc(S(=O)(=O)N3CCCCC3)cc2)CCCC1. The molecule has 1 saturated heterocycles. The van der Waals surface area contributed by atoms with Crippen LogP contribution in [0.3, 0.4) is 0 Å². The zero-order chi connectivity index (χ0) is 20.9. The molecular weight excluding hydrogens is 392 g/mol. The number of amides is 1. The number of carbonyl (C=O) groups is 2. The minimum Gasteiger partial charge on any atom is -0.467 e. The Bertz CT molecular complexity index is 823. The fourth-order valence-corrected chi connectivity index (χ4v) is 5.74. The molecule has 0 unspecified atom stereocenters. The first-order valence-corrected chi connectivity index (χ1v) is 11.8. The molecule has 1 aliphatic heterocycles. The van der Waals surface area contributed by atoms with Gasteiger partial charge >= 0.3 is 5.97 Å². The van der Waals surface area contributed by atoms with Crippen LogP contribution in [0.25, 0.3) is 0 Å². The summed E-state index contributed by atoms with van der Waals surface area (Å²) in [5.41, 5.74) is -0.00521. The number of rotatable bonds is 7. The van der Waals surface area contributed by atoms with Crippen LogP contribution in [0.4, 0.5) is 0 Å². The number of aryl methyl sites for hydroxylation is 1. The van der Waals surface area contributed by atoms with Crippen molar-refractivity contribution in [2.45, 2.75) is 68.2 Å². The molecule has 2 aliphatic rings. The summed E-state index contributed by atoms with van der Waals surface area (Å²) in [6.07, 6.45) is 6.58. The van der Waals surface area contributed by atoms with Gasteiger partial charge in [0.1, 0.15) is 5.54 Å². The second-order valence-electron chi connectivity index (χ2n) is 7.94. The monoisotopic (exact) mass is 422 g/mol. The van der Waals surface area contributed by atoms with Crippen LogP contribution in [-0.4, -0.2) is 50.3 Å². The van der Waals surface area contributed by atoms with Crippen LogP contribution in [0.1, 0.15) is 56.9 Å². The van der Waals surface area contributed by atoms with E-state index in [1.807, 2.05) is 0 Å². The van der Waals surface area contributed by atoms with Crippen LogP contribution in [0, 0.1) is 0 Å². The van der Waals surface area contributed by atoms with Crippen molar-refractivity contribution in [3.05, 3.63) is 29.8 Å². The van der Waals surface area contributed by atoms with Gasteiger partial charge in [-0.3, -0.25) is 4.79 Å². The lowest BCUT2D eigenvalue weighted by atomic mass is 9.97. The third-order valence-electron chi connectivity index (χ3n) is 5.93. The number of carbonyl (C=O) groups excluding carboxylic acids is 2. The number of sulfonamides is 1. The molecule has 7 nitrogen and oxygen atoms in total. The highest BCUT2D eigenvalue weighted by atomic mass is 32.2. The Hall–Kier alpha value is -1.93. The van der Waals surface area contributed by atoms with Gasteiger partial charge in [0, 0.05) is 19.5 Å². The molecule has 1 saturated carbocycles. The van der Waals surface area contributed by atoms with E-state index in [0.29, 0.717) is 37.2 Å². The number of nitrogens with one attached hydrogen (secondary N) is 1. The summed E-state index contributed by atoms with van der Waals surface area (Å²) < 4.78 is 31.8. The standard InChI is InChI=1S/C21H30N2O5S/c1-28-20(25)21(13-3-4-14-21)22-19(24)12-9-17-7-10-18(11-8-17)29(26,27)23-15-5-2-6-16-23/h7-8,10-11H,2-6,9,12-16H2,1H3,(H,22,24). The molecule has 0 spiro atoms. The Kier molecular flexibility index (Phi) is 6.95. The Morgan fingerprint density at radius 1 is 1.03 bits per heavy atom. The summed E-state index contributed by atoms with van der Waals surface area (Å²) in [6, 6.07) is 6.75. The molecule has 1 aromatic rings. The largest absolute Gasteiger partial charge is 0.467 e. The maximum atomic E-state index is 12.7. The molecule has 1 amide bonds. The topological polar surface area (TPSA) is 92.8 Å². The molecule has 2 fully saturated rings. The van der Waals surface area contributed by atoms with Gasteiger partial charge in [-0.25, -0.2) is 13.2 Å². The minimum atomic E-state index is -3.44. The molecule has 1 N–H and O–H groups in total. The molecular formula is C21H30N2O5S. The fourth-order valence-electron chi connectivity index (χ4n) is 4.22. The molecule has 3 rings (SSSR count). The number of methoxy groups -OCH3 is 1. The second kappa shape index (κ2) is 9.26. The third kappa shape index (κ3) is 4.98. The predicted octanol–water partition coefficient (Wildman–Crippen LogP) is 2.40. The highest BCUT2D eigenvalue weighted by molar-refractivity contribution is 7.89. The first-order valence-electron chi connectivity index (χ1n) is 10.4. The highest BCUT2D eigenvalue weighted by Gasteiger charge is 2.43. The van der Waals surface area contributed by atoms with Crippen LogP contribution < -0.4 is 5.32 Å². The number of piperidine rings is 1. The summed E-state index contributed by atoms with van der Waals surface area (Å²) in [5.74, 6) is -0.571. The van der Waals surface area contributed by atoms with E-state index in [0.717, 1.165) is 37.7 Å². The molecule has 29 heavy (non-hydrogen) atoms. The van der Waals surface area contributed by atoms with Gasteiger partial charge in [-0.2, -0.15) is 4.31 Å². The third-order valence-corrected chi connectivity index (χ3v) is 7.84. The Balaban J connectivity index is 1.57. The highest BCUT2D eigenvalue weighted by Crippen LogP contribution is 2.31. The average molecular weight is 423 g/mol. The number of hydrogen-bond donors (Lipinski definition) is 1. The zero-order valence-electron chi connectivity index (χ0n) is 17.0. The number of ether oxygens (including phenoxy) is 1. The van der Waals surface area contributed by atoms with E-state index in [1.165, 1.54) is 7.11 Å². The first-order chi connectivity index (χ1) is 13.9. The van der Waals surface area contributed by atoms with Crippen LogP contribution >= 0.6 is 0 Å². The van der Waals surface area contributed by atoms with E-state index in [9.17, 15) is 18.0 Å². The molecule has 0 aromatic heterocycles. The average Bonchev–Trinajstić information content (AvgIpc) is 3.22. The Labute approximate surface area is 172 Å². The summed E-state index contributed by atoms with van der Waals surface area (Å²) in [4.78, 5) is 24.8. The van der Waals surface area contributed by atoms with Gasteiger partial charge in [-0.05, 0) is 49.8 Å². The number of nitrogens with zero attached hydrogens (tertiary/aromatic N) is 1. The second-order valence-corrected chi connectivity index (χ2v) is 9.88. The minimum absolute atomic E-state index is 0.192.